The molecule has 0 radical (unpaired) electrons. The molecule has 1 saturated carbocycles. The van der Waals surface area contributed by atoms with Gasteiger partial charge in [0.2, 0.25) is 0 Å². The van der Waals surface area contributed by atoms with Crippen LogP contribution in [-0.4, -0.2) is 12.4 Å². The first-order valence-electron chi connectivity index (χ1n) is 9.73. The fraction of sp³-hybridized carbons (Fsp3) is 0.762. The smallest absolute Gasteiger partial charge is 0.121 e. The minimum Gasteiger partial charge on any atom is -0.384 e. The summed E-state index contributed by atoms with van der Waals surface area (Å²) in [6, 6.07) is 0. The zero-order chi connectivity index (χ0) is 16.7. The summed E-state index contributed by atoms with van der Waals surface area (Å²) in [5.74, 6) is 2.22. The van der Waals surface area contributed by atoms with Gasteiger partial charge in [0.05, 0.1) is 0 Å². The lowest BCUT2D eigenvalue weighted by atomic mass is 9.73. The average Bonchev–Trinajstić information content (AvgIpc) is 2.57. The van der Waals surface area contributed by atoms with E-state index in [-0.39, 0.29) is 0 Å². The van der Waals surface area contributed by atoms with Crippen LogP contribution in [0.3, 0.4) is 0 Å². The third-order valence-electron chi connectivity index (χ3n) is 6.12. The van der Waals surface area contributed by atoms with Crippen LogP contribution in [0.5, 0.6) is 0 Å². The zero-order valence-corrected chi connectivity index (χ0v) is 15.3. The summed E-state index contributed by atoms with van der Waals surface area (Å²) in [5.41, 5.74) is 7.93. The monoisotopic (exact) mass is 316 g/mol. The van der Waals surface area contributed by atoms with E-state index in [1.165, 1.54) is 63.4 Å². The van der Waals surface area contributed by atoms with Gasteiger partial charge in [-0.1, -0.05) is 51.7 Å². The molecule has 2 N–H and O–H groups in total. The predicted molar refractivity (Wildman–Crippen MR) is 102 cm³/mol. The van der Waals surface area contributed by atoms with E-state index in [1.54, 1.807) is 0 Å². The Balaban J connectivity index is 2.02. The van der Waals surface area contributed by atoms with Gasteiger partial charge in [0.1, 0.15) is 5.84 Å². The van der Waals surface area contributed by atoms with Gasteiger partial charge in [-0.25, -0.2) is 0 Å². The SMILES string of the molecule is C=CC1(C)CCCCC(C(CC)C2=CCCN=C2N)CCCC1. The van der Waals surface area contributed by atoms with E-state index in [4.69, 9.17) is 5.73 Å². The summed E-state index contributed by atoms with van der Waals surface area (Å²) in [6.07, 6.45) is 17.5. The lowest BCUT2D eigenvalue weighted by Gasteiger charge is -2.32. The van der Waals surface area contributed by atoms with Crippen LogP contribution < -0.4 is 5.73 Å². The van der Waals surface area contributed by atoms with E-state index in [1.807, 2.05) is 0 Å². The van der Waals surface area contributed by atoms with Crippen molar-refractivity contribution in [1.29, 1.82) is 0 Å². The number of nitrogens with two attached hydrogens (primary N) is 1. The number of amidine groups is 1. The van der Waals surface area contributed by atoms with E-state index in [2.05, 4.69) is 37.6 Å². The van der Waals surface area contributed by atoms with Gasteiger partial charge in [-0.2, -0.15) is 0 Å². The molecule has 23 heavy (non-hydrogen) atoms. The highest BCUT2D eigenvalue weighted by Crippen LogP contribution is 2.38. The molecule has 2 rings (SSSR count). The van der Waals surface area contributed by atoms with Gasteiger partial charge in [0, 0.05) is 6.54 Å². The third kappa shape index (κ3) is 4.96. The second-order valence-corrected chi connectivity index (χ2v) is 7.84. The van der Waals surface area contributed by atoms with Crippen LogP contribution in [0.2, 0.25) is 0 Å². The van der Waals surface area contributed by atoms with Crippen LogP contribution in [0.4, 0.5) is 0 Å². The van der Waals surface area contributed by atoms with E-state index in [9.17, 15) is 0 Å². The molecule has 1 aliphatic heterocycles. The number of hydrogen-bond donors (Lipinski definition) is 1. The predicted octanol–water partition coefficient (Wildman–Crippen LogP) is 5.64. The Morgan fingerprint density at radius 2 is 1.96 bits per heavy atom. The summed E-state index contributed by atoms with van der Waals surface area (Å²) < 4.78 is 0. The molecule has 1 unspecified atom stereocenters. The van der Waals surface area contributed by atoms with Crippen molar-refractivity contribution in [1.82, 2.24) is 0 Å². The van der Waals surface area contributed by atoms with Gasteiger partial charge in [-0.3, -0.25) is 4.99 Å². The molecule has 2 aliphatic rings. The molecule has 1 fully saturated rings. The van der Waals surface area contributed by atoms with Crippen LogP contribution in [0.1, 0.15) is 78.1 Å². The van der Waals surface area contributed by atoms with Gasteiger partial charge >= 0.3 is 0 Å². The first kappa shape index (κ1) is 18.3. The number of allylic oxidation sites excluding steroid dienone is 1. The highest BCUT2D eigenvalue weighted by Gasteiger charge is 2.27. The molecule has 0 spiro atoms. The summed E-state index contributed by atoms with van der Waals surface area (Å²) in [5, 5.41) is 0. The van der Waals surface area contributed by atoms with Crippen LogP contribution in [0.15, 0.2) is 29.3 Å². The van der Waals surface area contributed by atoms with E-state index < -0.39 is 0 Å². The highest BCUT2D eigenvalue weighted by molar-refractivity contribution is 5.98. The summed E-state index contributed by atoms with van der Waals surface area (Å²) >= 11 is 0. The van der Waals surface area contributed by atoms with Crippen molar-refractivity contribution in [3.05, 3.63) is 24.3 Å². The zero-order valence-electron chi connectivity index (χ0n) is 15.3. The van der Waals surface area contributed by atoms with Gasteiger partial charge in [0.25, 0.3) is 0 Å². The third-order valence-corrected chi connectivity index (χ3v) is 6.12. The van der Waals surface area contributed by atoms with Crippen molar-refractivity contribution >= 4 is 5.84 Å². The van der Waals surface area contributed by atoms with E-state index >= 15 is 0 Å². The number of hydrogen-bond acceptors (Lipinski definition) is 2. The Morgan fingerprint density at radius 1 is 1.30 bits per heavy atom. The molecule has 0 bridgehead atoms. The van der Waals surface area contributed by atoms with Crippen LogP contribution in [0.25, 0.3) is 0 Å². The summed E-state index contributed by atoms with van der Waals surface area (Å²) in [4.78, 5) is 4.50. The van der Waals surface area contributed by atoms with Crippen molar-refractivity contribution in [2.75, 3.05) is 6.54 Å². The number of dihydropyridines is 1. The topological polar surface area (TPSA) is 38.4 Å². The molecule has 0 aromatic heterocycles. The van der Waals surface area contributed by atoms with Crippen molar-refractivity contribution in [3.63, 3.8) is 0 Å². The molecule has 2 heteroatoms. The standard InChI is InChI=1S/C21H36N2/c1-4-18(19-13-10-16-23-20(19)22)17-11-6-8-14-21(3,5-2)15-9-7-12-17/h5,13,17-18H,2,4,6-12,14-16H2,1,3H3,(H2,22,23). The van der Waals surface area contributed by atoms with Crippen molar-refractivity contribution < 1.29 is 0 Å². The first-order valence-corrected chi connectivity index (χ1v) is 9.73. The minimum absolute atomic E-state index is 0.361. The molecule has 0 aromatic rings. The summed E-state index contributed by atoms with van der Waals surface area (Å²) in [6.45, 7) is 9.65. The lowest BCUT2D eigenvalue weighted by molar-refractivity contribution is 0.262. The fourth-order valence-electron chi connectivity index (χ4n) is 4.50. The van der Waals surface area contributed by atoms with Crippen LogP contribution in [0, 0.1) is 17.3 Å². The molecule has 1 atom stereocenters. The quantitative estimate of drug-likeness (QED) is 0.669. The second kappa shape index (κ2) is 8.70. The van der Waals surface area contributed by atoms with Gasteiger partial charge < -0.3 is 5.73 Å². The number of rotatable bonds is 4. The normalized spacial score (nSPS) is 31.7. The van der Waals surface area contributed by atoms with Crippen LogP contribution >= 0.6 is 0 Å². The molecule has 2 nitrogen and oxygen atoms in total. The molecule has 1 aliphatic carbocycles. The van der Waals surface area contributed by atoms with E-state index in [0.717, 1.165) is 24.7 Å². The maximum Gasteiger partial charge on any atom is 0.121 e. The summed E-state index contributed by atoms with van der Waals surface area (Å²) in [7, 11) is 0. The van der Waals surface area contributed by atoms with Crippen LogP contribution in [-0.2, 0) is 0 Å². The number of aliphatic imine (C=N–C) groups is 1. The van der Waals surface area contributed by atoms with E-state index in [0.29, 0.717) is 11.3 Å². The maximum atomic E-state index is 6.21. The Hall–Kier alpha value is -1.05. The first-order chi connectivity index (χ1) is 11.1. The Bertz CT molecular complexity index is 435. The minimum atomic E-state index is 0.361. The number of nitrogens with zero attached hydrogens (tertiary/aromatic N) is 1. The lowest BCUT2D eigenvalue weighted by Crippen LogP contribution is -2.28. The second-order valence-electron chi connectivity index (χ2n) is 7.84. The Morgan fingerprint density at radius 3 is 2.48 bits per heavy atom. The van der Waals surface area contributed by atoms with Crippen molar-refractivity contribution in [3.8, 4) is 0 Å². The molecular formula is C21H36N2. The van der Waals surface area contributed by atoms with Gasteiger partial charge in [0.15, 0.2) is 0 Å². The van der Waals surface area contributed by atoms with Crippen molar-refractivity contribution in [2.24, 2.45) is 28.0 Å². The largest absolute Gasteiger partial charge is 0.384 e. The van der Waals surface area contributed by atoms with Gasteiger partial charge in [-0.15, -0.1) is 6.58 Å². The van der Waals surface area contributed by atoms with Crippen molar-refractivity contribution in [2.45, 2.75) is 78.1 Å². The molecular weight excluding hydrogens is 280 g/mol. The average molecular weight is 317 g/mol. The molecule has 130 valence electrons. The molecule has 0 amide bonds. The molecule has 0 aromatic carbocycles. The molecule has 0 saturated heterocycles. The Labute approximate surface area is 143 Å². The maximum absolute atomic E-state index is 6.21. The fourth-order valence-corrected chi connectivity index (χ4v) is 4.50. The highest BCUT2D eigenvalue weighted by atomic mass is 14.9. The Kier molecular flexibility index (Phi) is 6.92. The van der Waals surface area contributed by atoms with Gasteiger partial charge in [-0.05, 0) is 61.3 Å². The molecule has 1 heterocycles.